The number of benzene rings is 1. The van der Waals surface area contributed by atoms with E-state index in [1.54, 1.807) is 32.4 Å². The lowest BCUT2D eigenvalue weighted by atomic mass is 9.96. The van der Waals surface area contributed by atoms with E-state index in [4.69, 9.17) is 9.47 Å². The Morgan fingerprint density at radius 1 is 1.29 bits per heavy atom. The Hall–Kier alpha value is -1.75. The number of amides is 1. The van der Waals surface area contributed by atoms with Crippen LogP contribution in [0.2, 0.25) is 0 Å². The predicted molar refractivity (Wildman–Crippen MR) is 82.1 cm³/mol. The van der Waals surface area contributed by atoms with Crippen molar-refractivity contribution in [1.29, 1.82) is 0 Å². The molecular weight excluding hydrogens is 268 g/mol. The number of piperidine rings is 1. The molecule has 0 aromatic heterocycles. The molecule has 0 saturated carbocycles. The number of carbonyl (C=O) groups is 1. The smallest absolute Gasteiger partial charge is 0.257 e. The lowest BCUT2D eigenvalue weighted by molar-refractivity contribution is 0.0687. The minimum atomic E-state index is 0.0219. The van der Waals surface area contributed by atoms with Gasteiger partial charge in [-0.2, -0.15) is 0 Å². The molecule has 2 rings (SSSR count). The van der Waals surface area contributed by atoms with Gasteiger partial charge in [0.25, 0.3) is 5.91 Å². The quantitative estimate of drug-likeness (QED) is 0.899. The van der Waals surface area contributed by atoms with Crippen molar-refractivity contribution in [2.75, 3.05) is 40.9 Å². The molecule has 0 atom stereocenters. The summed E-state index contributed by atoms with van der Waals surface area (Å²) in [6.45, 7) is 2.61. The van der Waals surface area contributed by atoms with E-state index in [1.165, 1.54) is 0 Å². The molecule has 1 saturated heterocycles. The number of likely N-dealkylation sites (tertiary alicyclic amines) is 1. The van der Waals surface area contributed by atoms with Gasteiger partial charge in [0.1, 0.15) is 11.5 Å². The largest absolute Gasteiger partial charge is 0.497 e. The number of nitrogens with zero attached hydrogens (tertiary/aromatic N) is 1. The van der Waals surface area contributed by atoms with E-state index >= 15 is 0 Å². The molecule has 21 heavy (non-hydrogen) atoms. The Kier molecular flexibility index (Phi) is 5.44. The number of hydrogen-bond acceptors (Lipinski definition) is 4. The van der Waals surface area contributed by atoms with E-state index < -0.39 is 0 Å². The zero-order valence-corrected chi connectivity index (χ0v) is 13.0. The number of methoxy groups -OCH3 is 2. The van der Waals surface area contributed by atoms with Gasteiger partial charge in [-0.1, -0.05) is 0 Å². The summed E-state index contributed by atoms with van der Waals surface area (Å²) < 4.78 is 10.5. The van der Waals surface area contributed by atoms with Crippen molar-refractivity contribution < 1.29 is 14.3 Å². The van der Waals surface area contributed by atoms with Crippen molar-refractivity contribution in [2.45, 2.75) is 12.8 Å². The Morgan fingerprint density at radius 2 is 2.00 bits per heavy atom. The van der Waals surface area contributed by atoms with Crippen LogP contribution in [-0.4, -0.2) is 51.7 Å². The van der Waals surface area contributed by atoms with Crippen LogP contribution in [0.15, 0.2) is 18.2 Å². The summed E-state index contributed by atoms with van der Waals surface area (Å²) in [6.07, 6.45) is 2.08. The molecule has 0 bridgehead atoms. The van der Waals surface area contributed by atoms with Crippen LogP contribution in [0, 0.1) is 5.92 Å². The van der Waals surface area contributed by atoms with E-state index in [1.807, 2.05) is 11.9 Å². The topological polar surface area (TPSA) is 50.8 Å². The number of rotatable bonds is 5. The van der Waals surface area contributed by atoms with Crippen molar-refractivity contribution in [3.05, 3.63) is 23.8 Å². The van der Waals surface area contributed by atoms with E-state index in [2.05, 4.69) is 5.32 Å². The van der Waals surface area contributed by atoms with Gasteiger partial charge in [-0.3, -0.25) is 4.79 Å². The van der Waals surface area contributed by atoms with E-state index in [0.29, 0.717) is 23.0 Å². The molecule has 1 aliphatic rings. The second-order valence-electron chi connectivity index (χ2n) is 5.36. The second kappa shape index (κ2) is 7.31. The maximum absolute atomic E-state index is 12.7. The summed E-state index contributed by atoms with van der Waals surface area (Å²) in [5.41, 5.74) is 0.573. The van der Waals surface area contributed by atoms with Crippen LogP contribution >= 0.6 is 0 Å². The average molecular weight is 292 g/mol. The molecule has 1 fully saturated rings. The first-order chi connectivity index (χ1) is 10.2. The molecule has 5 heteroatoms. The maximum Gasteiger partial charge on any atom is 0.257 e. The molecule has 0 radical (unpaired) electrons. The van der Waals surface area contributed by atoms with Crippen LogP contribution in [0.1, 0.15) is 23.2 Å². The maximum atomic E-state index is 12.7. The molecule has 1 aromatic rings. The zero-order valence-electron chi connectivity index (χ0n) is 13.0. The lowest BCUT2D eigenvalue weighted by Gasteiger charge is -2.32. The van der Waals surface area contributed by atoms with Crippen LogP contribution in [0.3, 0.4) is 0 Å². The van der Waals surface area contributed by atoms with Gasteiger partial charge < -0.3 is 19.7 Å². The van der Waals surface area contributed by atoms with Crippen LogP contribution in [-0.2, 0) is 0 Å². The molecule has 116 valence electrons. The molecule has 5 nitrogen and oxygen atoms in total. The van der Waals surface area contributed by atoms with Crippen molar-refractivity contribution in [3.8, 4) is 11.5 Å². The number of carbonyl (C=O) groups excluding carboxylic acids is 1. The highest BCUT2D eigenvalue weighted by Crippen LogP contribution is 2.27. The molecule has 1 aliphatic heterocycles. The first kappa shape index (κ1) is 15.6. The van der Waals surface area contributed by atoms with E-state index in [0.717, 1.165) is 32.5 Å². The molecule has 0 unspecified atom stereocenters. The Morgan fingerprint density at radius 3 is 2.57 bits per heavy atom. The van der Waals surface area contributed by atoms with Crippen LogP contribution < -0.4 is 14.8 Å². The molecule has 0 spiro atoms. The summed E-state index contributed by atoms with van der Waals surface area (Å²) in [7, 11) is 5.15. The van der Waals surface area contributed by atoms with Crippen molar-refractivity contribution in [3.63, 3.8) is 0 Å². The van der Waals surface area contributed by atoms with Gasteiger partial charge in [-0.05, 0) is 50.6 Å². The number of ether oxygens (including phenoxy) is 2. The first-order valence-corrected chi connectivity index (χ1v) is 7.35. The van der Waals surface area contributed by atoms with E-state index in [9.17, 15) is 4.79 Å². The van der Waals surface area contributed by atoms with Gasteiger partial charge in [0.2, 0.25) is 0 Å². The fourth-order valence-corrected chi connectivity index (χ4v) is 2.78. The Bertz CT molecular complexity index is 482. The normalized spacial score (nSPS) is 15.9. The molecular formula is C16H24N2O3. The molecule has 1 aromatic carbocycles. The predicted octanol–water partition coefficient (Wildman–Crippen LogP) is 1.78. The Labute approximate surface area is 126 Å². The van der Waals surface area contributed by atoms with Gasteiger partial charge in [0, 0.05) is 13.1 Å². The lowest BCUT2D eigenvalue weighted by Crippen LogP contribution is -2.40. The minimum Gasteiger partial charge on any atom is -0.497 e. The Balaban J connectivity index is 2.10. The molecule has 1 heterocycles. The summed E-state index contributed by atoms with van der Waals surface area (Å²) in [5, 5.41) is 3.21. The number of nitrogens with one attached hydrogen (secondary N) is 1. The minimum absolute atomic E-state index is 0.0219. The molecule has 0 aliphatic carbocycles. The van der Waals surface area contributed by atoms with Crippen LogP contribution in [0.5, 0.6) is 11.5 Å². The van der Waals surface area contributed by atoms with Gasteiger partial charge in [0.15, 0.2) is 0 Å². The zero-order chi connectivity index (χ0) is 15.2. The molecule has 1 amide bonds. The summed E-state index contributed by atoms with van der Waals surface area (Å²) in [4.78, 5) is 14.6. The third kappa shape index (κ3) is 3.67. The third-order valence-corrected chi connectivity index (χ3v) is 4.03. The number of hydrogen-bond donors (Lipinski definition) is 1. The summed E-state index contributed by atoms with van der Waals surface area (Å²) >= 11 is 0. The average Bonchev–Trinajstić information content (AvgIpc) is 2.54. The SMILES string of the molecule is CNCC1CCN(C(=O)c2cc(OC)ccc2OC)CC1. The standard InChI is InChI=1S/C16H24N2O3/c1-17-11-12-6-8-18(9-7-12)16(19)14-10-13(20-2)4-5-15(14)21-3/h4-5,10,12,17H,6-9,11H2,1-3H3. The second-order valence-corrected chi connectivity index (χ2v) is 5.36. The monoisotopic (exact) mass is 292 g/mol. The molecule has 1 N–H and O–H groups in total. The highest BCUT2D eigenvalue weighted by molar-refractivity contribution is 5.97. The van der Waals surface area contributed by atoms with Crippen LogP contribution in [0.25, 0.3) is 0 Å². The highest BCUT2D eigenvalue weighted by Gasteiger charge is 2.25. The van der Waals surface area contributed by atoms with Crippen molar-refractivity contribution in [2.24, 2.45) is 5.92 Å². The summed E-state index contributed by atoms with van der Waals surface area (Å²) in [5.74, 6) is 1.95. The van der Waals surface area contributed by atoms with Crippen molar-refractivity contribution >= 4 is 5.91 Å². The third-order valence-electron chi connectivity index (χ3n) is 4.03. The summed E-state index contributed by atoms with van der Waals surface area (Å²) in [6, 6.07) is 5.33. The fraction of sp³-hybridized carbons (Fsp3) is 0.562. The van der Waals surface area contributed by atoms with Crippen LogP contribution in [0.4, 0.5) is 0 Å². The first-order valence-electron chi connectivity index (χ1n) is 7.35. The van der Waals surface area contributed by atoms with Gasteiger partial charge in [-0.25, -0.2) is 0 Å². The highest BCUT2D eigenvalue weighted by atomic mass is 16.5. The van der Waals surface area contributed by atoms with Gasteiger partial charge >= 0.3 is 0 Å². The van der Waals surface area contributed by atoms with Gasteiger partial charge in [-0.15, -0.1) is 0 Å². The fourth-order valence-electron chi connectivity index (χ4n) is 2.78. The van der Waals surface area contributed by atoms with Gasteiger partial charge in [0.05, 0.1) is 19.8 Å². The van der Waals surface area contributed by atoms with E-state index in [-0.39, 0.29) is 5.91 Å². The van der Waals surface area contributed by atoms with Crippen molar-refractivity contribution in [1.82, 2.24) is 10.2 Å².